The van der Waals surface area contributed by atoms with E-state index in [1.54, 1.807) is 0 Å². The summed E-state index contributed by atoms with van der Waals surface area (Å²) in [4.78, 5) is 0. The molecule has 3 nitrogen and oxygen atoms in total. The first kappa shape index (κ1) is 15.3. The smallest absolute Gasteiger partial charge is 0.147 e. The highest BCUT2D eigenvalue weighted by molar-refractivity contribution is 8.00. The largest absolute Gasteiger partial charge is 0.313 e. The highest BCUT2D eigenvalue weighted by atomic mass is 32.2. The summed E-state index contributed by atoms with van der Waals surface area (Å²) in [6.07, 6.45) is 5.61. The van der Waals surface area contributed by atoms with Gasteiger partial charge in [-0.25, -0.2) is 8.42 Å². The quantitative estimate of drug-likeness (QED) is 0.775. The van der Waals surface area contributed by atoms with Crippen molar-refractivity contribution >= 4 is 21.6 Å². The molecular weight excluding hydrogens is 254 g/mol. The first-order valence-electron chi connectivity index (χ1n) is 6.42. The summed E-state index contributed by atoms with van der Waals surface area (Å²) in [6, 6.07) is 0.324. The Kier molecular flexibility index (Phi) is 5.80. The summed E-state index contributed by atoms with van der Waals surface area (Å²) in [5.74, 6) is 1.50. The van der Waals surface area contributed by atoms with E-state index in [1.807, 2.05) is 11.8 Å². The molecule has 0 radical (unpaired) electrons. The molecule has 1 aliphatic heterocycles. The van der Waals surface area contributed by atoms with Crippen LogP contribution in [0.1, 0.15) is 39.5 Å². The van der Waals surface area contributed by atoms with Crippen LogP contribution < -0.4 is 5.32 Å². The van der Waals surface area contributed by atoms with Gasteiger partial charge in [-0.05, 0) is 44.9 Å². The van der Waals surface area contributed by atoms with Gasteiger partial charge in [0.1, 0.15) is 9.84 Å². The molecule has 2 unspecified atom stereocenters. The summed E-state index contributed by atoms with van der Waals surface area (Å²) in [5, 5.41) is 3.54. The molecule has 1 N–H and O–H groups in total. The van der Waals surface area contributed by atoms with E-state index in [0.717, 1.165) is 19.4 Å². The average Bonchev–Trinajstić information content (AvgIpc) is 2.64. The Labute approximate surface area is 110 Å². The van der Waals surface area contributed by atoms with Crippen LogP contribution in [0.25, 0.3) is 0 Å². The lowest BCUT2D eigenvalue weighted by molar-refractivity contribution is 0.392. The van der Waals surface area contributed by atoms with E-state index in [2.05, 4.69) is 19.2 Å². The molecule has 0 aliphatic carbocycles. The minimum absolute atomic E-state index is 0.222. The Hall–Kier alpha value is 0.260. The minimum Gasteiger partial charge on any atom is -0.313 e. The van der Waals surface area contributed by atoms with E-state index in [0.29, 0.717) is 11.8 Å². The summed E-state index contributed by atoms with van der Waals surface area (Å²) in [5.41, 5.74) is 0. The number of rotatable bonds is 7. The van der Waals surface area contributed by atoms with Crippen molar-refractivity contribution in [3.8, 4) is 0 Å². The zero-order valence-corrected chi connectivity index (χ0v) is 12.8. The van der Waals surface area contributed by atoms with E-state index >= 15 is 0 Å². The molecule has 102 valence electrons. The molecule has 1 aliphatic rings. The first-order chi connectivity index (χ1) is 7.87. The third kappa shape index (κ3) is 5.18. The number of hydrogen-bond donors (Lipinski definition) is 1. The van der Waals surface area contributed by atoms with Crippen LogP contribution in [0.5, 0.6) is 0 Å². The van der Waals surface area contributed by atoms with Crippen LogP contribution in [0.2, 0.25) is 0 Å². The van der Waals surface area contributed by atoms with E-state index in [9.17, 15) is 8.42 Å². The van der Waals surface area contributed by atoms with Gasteiger partial charge >= 0.3 is 0 Å². The second-order valence-electron chi connectivity index (χ2n) is 5.19. The maximum atomic E-state index is 11.3. The summed E-state index contributed by atoms with van der Waals surface area (Å²) < 4.78 is 22.8. The van der Waals surface area contributed by atoms with Crippen LogP contribution in [0.4, 0.5) is 0 Å². The van der Waals surface area contributed by atoms with Gasteiger partial charge in [0.2, 0.25) is 0 Å². The molecule has 0 aromatic heterocycles. The maximum Gasteiger partial charge on any atom is 0.147 e. The fourth-order valence-corrected chi connectivity index (χ4v) is 4.46. The molecule has 1 saturated heterocycles. The number of sulfone groups is 1. The molecule has 2 atom stereocenters. The van der Waals surface area contributed by atoms with Gasteiger partial charge < -0.3 is 5.32 Å². The predicted octanol–water partition coefficient (Wildman–Crippen LogP) is 2.08. The predicted molar refractivity (Wildman–Crippen MR) is 76.5 cm³/mol. The fourth-order valence-electron chi connectivity index (χ4n) is 2.35. The van der Waals surface area contributed by atoms with Gasteiger partial charge in [-0.2, -0.15) is 11.8 Å². The molecule has 0 aromatic rings. The van der Waals surface area contributed by atoms with Gasteiger partial charge in [-0.1, -0.05) is 6.92 Å². The van der Waals surface area contributed by atoms with Gasteiger partial charge in [0, 0.05) is 17.0 Å². The van der Waals surface area contributed by atoms with Crippen LogP contribution in [0.15, 0.2) is 0 Å². The topological polar surface area (TPSA) is 46.2 Å². The summed E-state index contributed by atoms with van der Waals surface area (Å²) >= 11 is 2.00. The molecule has 0 spiro atoms. The SMILES string of the molecule is CCCNC(CCS(C)(=O)=O)C1(C)CCCS1. The molecule has 1 rings (SSSR count). The fraction of sp³-hybridized carbons (Fsp3) is 1.00. The summed E-state index contributed by atoms with van der Waals surface area (Å²) in [7, 11) is -2.85. The molecule has 1 fully saturated rings. The lowest BCUT2D eigenvalue weighted by Gasteiger charge is -2.34. The Morgan fingerprint density at radius 2 is 2.18 bits per heavy atom. The maximum absolute atomic E-state index is 11.3. The molecule has 0 amide bonds. The van der Waals surface area contributed by atoms with E-state index < -0.39 is 9.84 Å². The molecule has 1 heterocycles. The van der Waals surface area contributed by atoms with Crippen LogP contribution in [0.3, 0.4) is 0 Å². The Morgan fingerprint density at radius 3 is 2.65 bits per heavy atom. The number of thioether (sulfide) groups is 1. The van der Waals surface area contributed by atoms with Crippen LogP contribution in [-0.2, 0) is 9.84 Å². The van der Waals surface area contributed by atoms with Crippen molar-refractivity contribution < 1.29 is 8.42 Å². The third-order valence-corrected chi connectivity index (χ3v) is 6.02. The number of hydrogen-bond acceptors (Lipinski definition) is 4. The van der Waals surface area contributed by atoms with Crippen molar-refractivity contribution in [3.63, 3.8) is 0 Å². The number of nitrogens with one attached hydrogen (secondary N) is 1. The lowest BCUT2D eigenvalue weighted by atomic mass is 9.94. The monoisotopic (exact) mass is 279 g/mol. The zero-order chi connectivity index (χ0) is 12.9. The van der Waals surface area contributed by atoms with Crippen LogP contribution >= 0.6 is 11.8 Å². The summed E-state index contributed by atoms with van der Waals surface area (Å²) in [6.45, 7) is 5.40. The molecule has 0 bridgehead atoms. The third-order valence-electron chi connectivity index (χ3n) is 3.40. The Morgan fingerprint density at radius 1 is 1.47 bits per heavy atom. The lowest BCUT2D eigenvalue weighted by Crippen LogP contribution is -2.46. The van der Waals surface area contributed by atoms with Gasteiger partial charge in [0.25, 0.3) is 0 Å². The van der Waals surface area contributed by atoms with Crippen molar-refractivity contribution in [2.75, 3.05) is 24.3 Å². The van der Waals surface area contributed by atoms with Gasteiger partial charge in [-0.15, -0.1) is 0 Å². The first-order valence-corrected chi connectivity index (χ1v) is 9.47. The van der Waals surface area contributed by atoms with Crippen molar-refractivity contribution in [2.45, 2.75) is 50.3 Å². The highest BCUT2D eigenvalue weighted by Gasteiger charge is 2.37. The van der Waals surface area contributed by atoms with Crippen LogP contribution in [-0.4, -0.2) is 43.5 Å². The molecular formula is C12H25NO2S2. The Balaban J connectivity index is 2.59. The van der Waals surface area contributed by atoms with E-state index in [-0.39, 0.29) is 4.75 Å². The molecule has 0 saturated carbocycles. The van der Waals surface area contributed by atoms with Crippen molar-refractivity contribution in [1.82, 2.24) is 5.32 Å². The van der Waals surface area contributed by atoms with E-state index in [4.69, 9.17) is 0 Å². The van der Waals surface area contributed by atoms with Gasteiger partial charge in [-0.3, -0.25) is 0 Å². The minimum atomic E-state index is -2.85. The molecule has 0 aromatic carbocycles. The highest BCUT2D eigenvalue weighted by Crippen LogP contribution is 2.41. The van der Waals surface area contributed by atoms with E-state index in [1.165, 1.54) is 24.9 Å². The average molecular weight is 279 g/mol. The van der Waals surface area contributed by atoms with Gasteiger partial charge in [0.15, 0.2) is 0 Å². The van der Waals surface area contributed by atoms with Crippen molar-refractivity contribution in [1.29, 1.82) is 0 Å². The van der Waals surface area contributed by atoms with Crippen LogP contribution in [0, 0.1) is 0 Å². The van der Waals surface area contributed by atoms with Crippen molar-refractivity contribution in [2.24, 2.45) is 0 Å². The second kappa shape index (κ2) is 6.43. The zero-order valence-electron chi connectivity index (χ0n) is 11.2. The van der Waals surface area contributed by atoms with Gasteiger partial charge in [0.05, 0.1) is 5.75 Å². The Bertz CT molecular complexity index is 321. The normalized spacial score (nSPS) is 27.2. The second-order valence-corrected chi connectivity index (χ2v) is 9.08. The molecule has 5 heteroatoms. The van der Waals surface area contributed by atoms with Crippen molar-refractivity contribution in [3.05, 3.63) is 0 Å². The standard InChI is InChI=1S/C12H25NO2S2/c1-4-8-13-11(6-10-17(3,14)15)12(2)7-5-9-16-12/h11,13H,4-10H2,1-3H3. The molecule has 17 heavy (non-hydrogen) atoms.